The molecule has 2 unspecified atom stereocenters. The standard InChI is InChI=1S/C21H21F3N4O2/c1-12(14-4-3-5-15(8-14)21(22,23)24)26-20-18-9-17(30-16-6-7-29-11-16)10-25-19(18)13(2)27-28-20/h3-5,8-10,12,16H,6-7,11H2,1-2H3,(H,26,28). The number of aryl methyl sites for hydroxylation is 1. The molecule has 4 rings (SSSR count). The Bertz CT molecular complexity index is 1050. The van der Waals surface area contributed by atoms with Gasteiger partial charge in [-0.1, -0.05) is 12.1 Å². The molecule has 0 spiro atoms. The van der Waals surface area contributed by atoms with E-state index in [1.165, 1.54) is 6.07 Å². The third-order valence-corrected chi connectivity index (χ3v) is 5.02. The average Bonchev–Trinajstić information content (AvgIpc) is 3.22. The molecule has 0 radical (unpaired) electrons. The number of hydrogen-bond donors (Lipinski definition) is 1. The van der Waals surface area contributed by atoms with Crippen LogP contribution in [0, 0.1) is 6.92 Å². The molecule has 0 aliphatic carbocycles. The highest BCUT2D eigenvalue weighted by Gasteiger charge is 2.30. The highest BCUT2D eigenvalue weighted by molar-refractivity contribution is 5.91. The van der Waals surface area contributed by atoms with Gasteiger partial charge in [0.05, 0.1) is 47.6 Å². The van der Waals surface area contributed by atoms with Gasteiger partial charge in [-0.2, -0.15) is 18.3 Å². The lowest BCUT2D eigenvalue weighted by Gasteiger charge is -2.18. The van der Waals surface area contributed by atoms with Crippen LogP contribution in [0.25, 0.3) is 10.9 Å². The van der Waals surface area contributed by atoms with Crippen LogP contribution in [0.2, 0.25) is 0 Å². The minimum absolute atomic E-state index is 0.0272. The largest absolute Gasteiger partial charge is 0.486 e. The number of fused-ring (bicyclic) bond motifs is 1. The van der Waals surface area contributed by atoms with E-state index in [1.54, 1.807) is 26.1 Å². The summed E-state index contributed by atoms with van der Waals surface area (Å²) in [6.45, 7) is 4.76. The van der Waals surface area contributed by atoms with E-state index in [-0.39, 0.29) is 6.10 Å². The van der Waals surface area contributed by atoms with Crippen LogP contribution in [0.4, 0.5) is 19.0 Å². The minimum atomic E-state index is -4.40. The van der Waals surface area contributed by atoms with Crippen molar-refractivity contribution in [2.45, 2.75) is 38.6 Å². The van der Waals surface area contributed by atoms with Crippen molar-refractivity contribution in [3.05, 3.63) is 53.3 Å². The molecule has 1 aliphatic heterocycles. The topological polar surface area (TPSA) is 69.2 Å². The molecule has 3 heterocycles. The molecule has 1 fully saturated rings. The van der Waals surface area contributed by atoms with E-state index < -0.39 is 17.8 Å². The first-order valence-corrected chi connectivity index (χ1v) is 9.62. The van der Waals surface area contributed by atoms with Gasteiger partial charge >= 0.3 is 6.18 Å². The van der Waals surface area contributed by atoms with Gasteiger partial charge in [-0.25, -0.2) is 0 Å². The third kappa shape index (κ3) is 4.30. The van der Waals surface area contributed by atoms with Crippen LogP contribution < -0.4 is 10.1 Å². The second-order valence-corrected chi connectivity index (χ2v) is 7.29. The molecule has 6 nitrogen and oxygen atoms in total. The number of anilines is 1. The van der Waals surface area contributed by atoms with E-state index in [0.717, 1.165) is 18.6 Å². The van der Waals surface area contributed by atoms with Gasteiger partial charge in [0.1, 0.15) is 11.9 Å². The molecule has 0 saturated carbocycles. The molecule has 1 aliphatic rings. The Balaban J connectivity index is 1.63. The Morgan fingerprint density at radius 1 is 1.23 bits per heavy atom. The van der Waals surface area contributed by atoms with Crippen molar-refractivity contribution < 1.29 is 22.6 Å². The zero-order valence-electron chi connectivity index (χ0n) is 16.5. The molecule has 1 N–H and O–H groups in total. The number of nitrogens with zero attached hydrogens (tertiary/aromatic N) is 3. The van der Waals surface area contributed by atoms with Crippen LogP contribution in [0.15, 0.2) is 36.5 Å². The summed E-state index contributed by atoms with van der Waals surface area (Å²) >= 11 is 0. The molecular weight excluding hydrogens is 397 g/mol. The predicted octanol–water partition coefficient (Wildman–Crippen LogP) is 4.69. The summed E-state index contributed by atoms with van der Waals surface area (Å²) in [7, 11) is 0. The highest BCUT2D eigenvalue weighted by Crippen LogP contribution is 2.32. The van der Waals surface area contributed by atoms with Gasteiger partial charge in [0.25, 0.3) is 0 Å². The zero-order valence-corrected chi connectivity index (χ0v) is 16.5. The van der Waals surface area contributed by atoms with E-state index >= 15 is 0 Å². The van der Waals surface area contributed by atoms with Crippen LogP contribution in [0.5, 0.6) is 5.75 Å². The van der Waals surface area contributed by atoms with E-state index in [9.17, 15) is 13.2 Å². The van der Waals surface area contributed by atoms with Gasteiger partial charge in [-0.3, -0.25) is 4.98 Å². The number of pyridine rings is 1. The summed E-state index contributed by atoms with van der Waals surface area (Å²) in [5.41, 5.74) is 1.10. The molecule has 0 bridgehead atoms. The lowest BCUT2D eigenvalue weighted by molar-refractivity contribution is -0.137. The highest BCUT2D eigenvalue weighted by atomic mass is 19.4. The minimum Gasteiger partial charge on any atom is -0.486 e. The van der Waals surface area contributed by atoms with Crippen LogP contribution in [0.1, 0.15) is 36.2 Å². The predicted molar refractivity (Wildman–Crippen MR) is 105 cm³/mol. The number of aromatic nitrogens is 3. The Labute approximate surface area is 171 Å². The van der Waals surface area contributed by atoms with Gasteiger partial charge in [-0.05, 0) is 37.6 Å². The first-order chi connectivity index (χ1) is 14.3. The number of ether oxygens (including phenoxy) is 2. The molecule has 1 aromatic carbocycles. The van der Waals surface area contributed by atoms with E-state index in [4.69, 9.17) is 9.47 Å². The maximum absolute atomic E-state index is 13.0. The summed E-state index contributed by atoms with van der Waals surface area (Å²) in [6.07, 6.45) is -1.98. The second kappa shape index (κ2) is 8.06. The molecule has 3 aromatic rings. The Morgan fingerprint density at radius 2 is 2.07 bits per heavy atom. The number of rotatable bonds is 5. The molecule has 9 heteroatoms. The molecule has 2 aromatic heterocycles. The lowest BCUT2D eigenvalue weighted by atomic mass is 10.0. The first-order valence-electron chi connectivity index (χ1n) is 9.62. The summed E-state index contributed by atoms with van der Waals surface area (Å²) in [5, 5.41) is 12.2. The number of alkyl halides is 3. The van der Waals surface area contributed by atoms with Gasteiger partial charge in [-0.15, -0.1) is 5.10 Å². The van der Waals surface area contributed by atoms with Crippen molar-refractivity contribution in [2.75, 3.05) is 18.5 Å². The second-order valence-electron chi connectivity index (χ2n) is 7.29. The maximum atomic E-state index is 13.0. The number of benzene rings is 1. The summed E-state index contributed by atoms with van der Waals surface area (Å²) in [5.74, 6) is 1.02. The number of nitrogens with one attached hydrogen (secondary N) is 1. The molecular formula is C21H21F3N4O2. The molecule has 1 saturated heterocycles. The fourth-order valence-corrected chi connectivity index (χ4v) is 3.38. The van der Waals surface area contributed by atoms with Crippen molar-refractivity contribution in [2.24, 2.45) is 0 Å². The van der Waals surface area contributed by atoms with Crippen molar-refractivity contribution in [1.29, 1.82) is 0 Å². The van der Waals surface area contributed by atoms with E-state index in [1.807, 2.05) is 6.07 Å². The zero-order chi connectivity index (χ0) is 21.3. The average molecular weight is 418 g/mol. The lowest BCUT2D eigenvalue weighted by Crippen LogP contribution is -2.16. The van der Waals surface area contributed by atoms with E-state index in [0.29, 0.717) is 46.9 Å². The van der Waals surface area contributed by atoms with Crippen molar-refractivity contribution in [3.63, 3.8) is 0 Å². The fourth-order valence-electron chi connectivity index (χ4n) is 3.38. The van der Waals surface area contributed by atoms with Gasteiger partial charge in [0.2, 0.25) is 0 Å². The third-order valence-electron chi connectivity index (χ3n) is 5.02. The van der Waals surface area contributed by atoms with Crippen LogP contribution in [0.3, 0.4) is 0 Å². The van der Waals surface area contributed by atoms with Crippen LogP contribution >= 0.6 is 0 Å². The van der Waals surface area contributed by atoms with Gasteiger partial charge in [0.15, 0.2) is 5.82 Å². The molecule has 158 valence electrons. The van der Waals surface area contributed by atoms with Crippen molar-refractivity contribution in [3.8, 4) is 5.75 Å². The monoisotopic (exact) mass is 418 g/mol. The van der Waals surface area contributed by atoms with E-state index in [2.05, 4.69) is 20.5 Å². The Morgan fingerprint density at radius 3 is 2.80 bits per heavy atom. The van der Waals surface area contributed by atoms with Crippen LogP contribution in [-0.2, 0) is 10.9 Å². The molecule has 30 heavy (non-hydrogen) atoms. The summed E-state index contributed by atoms with van der Waals surface area (Å²) in [6, 6.07) is 6.62. The number of halogens is 3. The van der Waals surface area contributed by atoms with Crippen molar-refractivity contribution in [1.82, 2.24) is 15.2 Å². The summed E-state index contributed by atoms with van der Waals surface area (Å²) < 4.78 is 50.4. The quantitative estimate of drug-likeness (QED) is 0.648. The van der Waals surface area contributed by atoms with Crippen LogP contribution in [-0.4, -0.2) is 34.5 Å². The first kappa shape index (κ1) is 20.3. The Hall–Kier alpha value is -2.94. The fraction of sp³-hybridized carbons (Fsp3) is 0.381. The molecule has 2 atom stereocenters. The van der Waals surface area contributed by atoms with Gasteiger partial charge < -0.3 is 14.8 Å². The van der Waals surface area contributed by atoms with Crippen molar-refractivity contribution >= 4 is 16.7 Å². The normalized spacial score (nSPS) is 17.8. The smallest absolute Gasteiger partial charge is 0.416 e. The SMILES string of the molecule is Cc1nnc(NC(C)c2cccc(C(F)(F)F)c2)c2cc(OC3CCOC3)cnc12. The Kier molecular flexibility index (Phi) is 5.46. The molecule has 0 amide bonds. The summed E-state index contributed by atoms with van der Waals surface area (Å²) in [4.78, 5) is 4.45. The van der Waals surface area contributed by atoms with Gasteiger partial charge in [0, 0.05) is 6.42 Å². The maximum Gasteiger partial charge on any atom is 0.416 e. The number of hydrogen-bond acceptors (Lipinski definition) is 6.